The van der Waals surface area contributed by atoms with Gasteiger partial charge in [0.05, 0.1) is 13.0 Å². The normalized spacial score (nSPS) is 25.4. The third kappa shape index (κ3) is 3.77. The predicted octanol–water partition coefficient (Wildman–Crippen LogP) is 6.37. The van der Waals surface area contributed by atoms with E-state index < -0.39 is 28.9 Å². The Morgan fingerprint density at radius 2 is 1.56 bits per heavy atom. The van der Waals surface area contributed by atoms with Crippen molar-refractivity contribution in [2.24, 2.45) is 5.92 Å². The lowest BCUT2D eigenvalue weighted by molar-refractivity contribution is -0.151. The maximum Gasteiger partial charge on any atom is 0.317 e. The quantitative estimate of drug-likeness (QED) is 0.253. The molecule has 204 valence electrons. The summed E-state index contributed by atoms with van der Waals surface area (Å²) in [4.78, 5) is 31.3. The van der Waals surface area contributed by atoms with Crippen molar-refractivity contribution in [2.45, 2.75) is 64.5 Å². The molecule has 1 heterocycles. The number of Topliss-reactive ketones (excluding diaryl/α,β-unsaturated/α-hetero) is 1. The highest BCUT2D eigenvalue weighted by atomic mass is 16.5. The number of aryl methyl sites for hydroxylation is 3. The van der Waals surface area contributed by atoms with Crippen LogP contribution in [0.3, 0.4) is 0 Å². The van der Waals surface area contributed by atoms with Crippen LogP contribution in [0.5, 0.6) is 5.75 Å². The van der Waals surface area contributed by atoms with E-state index in [9.17, 15) is 4.79 Å². The van der Waals surface area contributed by atoms with Gasteiger partial charge in [-0.3, -0.25) is 14.5 Å². The van der Waals surface area contributed by atoms with Crippen molar-refractivity contribution in [3.8, 4) is 5.75 Å². The lowest BCUT2D eigenvalue weighted by Gasteiger charge is -2.48. The molecule has 0 N–H and O–H groups in total. The zero-order valence-electron chi connectivity index (χ0n) is 23.9. The van der Waals surface area contributed by atoms with Gasteiger partial charge in [-0.2, -0.15) is 0 Å². The van der Waals surface area contributed by atoms with Gasteiger partial charge < -0.3 is 9.47 Å². The van der Waals surface area contributed by atoms with Crippen LogP contribution in [-0.2, 0) is 25.5 Å². The number of benzene rings is 3. The van der Waals surface area contributed by atoms with E-state index in [0.29, 0.717) is 13.1 Å². The molecule has 0 spiro atoms. The molecule has 0 saturated heterocycles. The Labute approximate surface area is 232 Å². The van der Waals surface area contributed by atoms with E-state index in [4.69, 9.17) is 9.47 Å². The summed E-state index contributed by atoms with van der Waals surface area (Å²) in [5.41, 5.74) is 3.48. The smallest absolute Gasteiger partial charge is 0.317 e. The molecule has 0 amide bonds. The van der Waals surface area contributed by atoms with Crippen LogP contribution in [0.2, 0.25) is 0 Å². The van der Waals surface area contributed by atoms with Gasteiger partial charge in [0.25, 0.3) is 0 Å². The molecule has 1 aliphatic heterocycles. The summed E-state index contributed by atoms with van der Waals surface area (Å²) in [6.45, 7) is 11.8. The summed E-state index contributed by atoms with van der Waals surface area (Å²) in [5.74, 6) is -1.55. The van der Waals surface area contributed by atoms with Gasteiger partial charge in [-0.25, -0.2) is 0 Å². The Balaban J connectivity index is 1.99. The summed E-state index contributed by atoms with van der Waals surface area (Å²) in [5, 5.41) is 0. The van der Waals surface area contributed by atoms with Crippen molar-refractivity contribution >= 4 is 11.8 Å². The number of nitrogens with zero attached hydrogens (tertiary/aromatic N) is 1. The van der Waals surface area contributed by atoms with Crippen molar-refractivity contribution in [3.05, 3.63) is 100 Å². The van der Waals surface area contributed by atoms with Gasteiger partial charge in [0.1, 0.15) is 11.7 Å². The number of methoxy groups -OCH3 is 1. The molecule has 0 aromatic heterocycles. The summed E-state index contributed by atoms with van der Waals surface area (Å²) >= 11 is 0. The molecule has 0 unspecified atom stereocenters. The average molecular weight is 526 g/mol. The molecule has 1 fully saturated rings. The van der Waals surface area contributed by atoms with Crippen molar-refractivity contribution in [3.63, 3.8) is 0 Å². The first-order valence-electron chi connectivity index (χ1n) is 14.1. The lowest BCUT2D eigenvalue weighted by Crippen LogP contribution is -2.61. The van der Waals surface area contributed by atoms with Gasteiger partial charge in [0.15, 0.2) is 16.9 Å². The number of hydrogen-bond donors (Lipinski definition) is 0. The Morgan fingerprint density at radius 1 is 0.923 bits per heavy atom. The summed E-state index contributed by atoms with van der Waals surface area (Å²) in [6, 6.07) is 22.4. The van der Waals surface area contributed by atoms with Gasteiger partial charge in [0.2, 0.25) is 0 Å². The number of rotatable bonds is 8. The topological polar surface area (TPSA) is 55.8 Å². The fourth-order valence-corrected chi connectivity index (χ4v) is 7.35. The van der Waals surface area contributed by atoms with Crippen LogP contribution in [0.1, 0.15) is 66.0 Å². The van der Waals surface area contributed by atoms with Crippen molar-refractivity contribution in [2.75, 3.05) is 20.2 Å². The Bertz CT molecular complexity index is 1380. The molecule has 4 atom stereocenters. The number of fused-ring (bicyclic) bond motifs is 3. The van der Waals surface area contributed by atoms with Gasteiger partial charge in [-0.05, 0) is 75.0 Å². The molecule has 2 aliphatic rings. The zero-order chi connectivity index (χ0) is 27.9. The molecule has 3 aromatic carbocycles. The molecule has 0 bridgehead atoms. The monoisotopic (exact) mass is 525 g/mol. The zero-order valence-corrected chi connectivity index (χ0v) is 23.9. The first kappa shape index (κ1) is 27.1. The van der Waals surface area contributed by atoms with Crippen LogP contribution >= 0.6 is 0 Å². The van der Waals surface area contributed by atoms with Gasteiger partial charge in [0, 0.05) is 5.56 Å². The molecule has 39 heavy (non-hydrogen) atoms. The number of esters is 1. The first-order valence-corrected chi connectivity index (χ1v) is 14.1. The summed E-state index contributed by atoms with van der Waals surface area (Å²) in [6.07, 6.45) is 1.72. The minimum atomic E-state index is -1.21. The fraction of sp³-hybridized carbons (Fsp3) is 0.412. The van der Waals surface area contributed by atoms with Crippen LogP contribution in [-0.4, -0.2) is 36.9 Å². The number of carbonyl (C=O) groups excluding carboxylic acids is 2. The Morgan fingerprint density at radius 3 is 2.15 bits per heavy atom. The van der Waals surface area contributed by atoms with E-state index in [-0.39, 0.29) is 5.78 Å². The summed E-state index contributed by atoms with van der Waals surface area (Å²) in [7, 11) is 1.37. The third-order valence-corrected chi connectivity index (χ3v) is 8.58. The Hall–Kier alpha value is -3.44. The number of hydrogen-bond acceptors (Lipinski definition) is 5. The largest absolute Gasteiger partial charge is 0.479 e. The van der Waals surface area contributed by atoms with E-state index >= 15 is 4.79 Å². The minimum absolute atomic E-state index is 0.142. The standard InChI is InChI=1S/C34H39NO4/c1-7-18-35(19-8-2)33-29-24(5)20-23(4)21-27(29)39-34(33,26-16-14-22(3)15-17-26)30(25-12-10-9-11-13-25)28(31(33)36)32(37)38-6/h9-17,20-21,28,30H,7-8,18-19H2,1-6H3/t28-,30-,33+,34+/m1/s1. The molecule has 5 nitrogen and oxygen atoms in total. The number of ketones is 1. The molecular weight excluding hydrogens is 486 g/mol. The van der Waals surface area contributed by atoms with Gasteiger partial charge in [-0.15, -0.1) is 0 Å². The second-order valence-electron chi connectivity index (χ2n) is 11.1. The van der Waals surface area contributed by atoms with Crippen LogP contribution < -0.4 is 4.74 Å². The molecule has 3 aromatic rings. The second kappa shape index (κ2) is 10.3. The summed E-state index contributed by atoms with van der Waals surface area (Å²) < 4.78 is 12.6. The van der Waals surface area contributed by atoms with E-state index in [2.05, 4.69) is 75.9 Å². The lowest BCUT2D eigenvalue weighted by atomic mass is 9.67. The van der Waals surface area contributed by atoms with E-state index in [1.54, 1.807) is 0 Å². The van der Waals surface area contributed by atoms with Crippen LogP contribution in [0.4, 0.5) is 0 Å². The van der Waals surface area contributed by atoms with E-state index in [0.717, 1.165) is 52.0 Å². The Kier molecular flexibility index (Phi) is 7.15. The molecule has 5 heteroatoms. The highest BCUT2D eigenvalue weighted by Crippen LogP contribution is 2.69. The van der Waals surface area contributed by atoms with Gasteiger partial charge >= 0.3 is 5.97 Å². The van der Waals surface area contributed by atoms with E-state index in [1.807, 2.05) is 30.3 Å². The van der Waals surface area contributed by atoms with Crippen molar-refractivity contribution in [1.29, 1.82) is 0 Å². The average Bonchev–Trinajstić information content (AvgIpc) is 3.34. The molecule has 1 aliphatic carbocycles. The molecule has 0 radical (unpaired) electrons. The van der Waals surface area contributed by atoms with Crippen LogP contribution in [0, 0.1) is 26.7 Å². The van der Waals surface area contributed by atoms with Crippen LogP contribution in [0.25, 0.3) is 0 Å². The maximum absolute atomic E-state index is 15.3. The van der Waals surface area contributed by atoms with Crippen molar-refractivity contribution in [1.82, 2.24) is 4.90 Å². The van der Waals surface area contributed by atoms with Crippen molar-refractivity contribution < 1.29 is 19.1 Å². The SMILES string of the molecule is CCCN(CCC)[C@@]12C(=O)[C@H](C(=O)OC)[C@@H](c3ccccc3)[C@]1(c1ccc(C)cc1)Oc1cc(C)cc(C)c12. The molecule has 1 saturated carbocycles. The highest BCUT2D eigenvalue weighted by molar-refractivity contribution is 6.10. The third-order valence-electron chi connectivity index (χ3n) is 8.58. The fourth-order valence-electron chi connectivity index (χ4n) is 7.35. The first-order chi connectivity index (χ1) is 18.8. The van der Waals surface area contributed by atoms with Gasteiger partial charge in [-0.1, -0.05) is 80.1 Å². The predicted molar refractivity (Wildman–Crippen MR) is 153 cm³/mol. The highest BCUT2D eigenvalue weighted by Gasteiger charge is 2.79. The minimum Gasteiger partial charge on any atom is -0.479 e. The molecule has 5 rings (SSSR count). The molecular formula is C34H39NO4. The van der Waals surface area contributed by atoms with E-state index in [1.165, 1.54) is 7.11 Å². The maximum atomic E-state index is 15.3. The second-order valence-corrected chi connectivity index (χ2v) is 11.1. The number of carbonyl (C=O) groups is 2. The number of ether oxygens (including phenoxy) is 2. The van der Waals surface area contributed by atoms with Crippen LogP contribution in [0.15, 0.2) is 66.7 Å².